The summed E-state index contributed by atoms with van der Waals surface area (Å²) >= 11 is 5.74. The van der Waals surface area contributed by atoms with Crippen LogP contribution >= 0.6 is 11.6 Å². The molecule has 1 aromatic carbocycles. The summed E-state index contributed by atoms with van der Waals surface area (Å²) in [6.07, 6.45) is 3.09. The monoisotopic (exact) mass is 372 g/mol. The third kappa shape index (κ3) is 5.28. The first-order valence-electron chi connectivity index (χ1n) is 8.60. The maximum Gasteiger partial charge on any atom is 0.253 e. The molecule has 0 atom stereocenters. The van der Waals surface area contributed by atoms with E-state index in [1.54, 1.807) is 12.1 Å². The van der Waals surface area contributed by atoms with Gasteiger partial charge < -0.3 is 10.6 Å². The molecular weight excluding hydrogens is 352 g/mol. The number of carbonyl (C=O) groups is 2. The van der Waals surface area contributed by atoms with Crippen molar-refractivity contribution in [3.05, 3.63) is 59.4 Å². The van der Waals surface area contributed by atoms with Crippen molar-refractivity contribution in [1.29, 1.82) is 0 Å². The highest BCUT2D eigenvalue weighted by Crippen LogP contribution is 2.12. The van der Waals surface area contributed by atoms with E-state index in [-0.39, 0.29) is 17.9 Å². The molecule has 6 nitrogen and oxygen atoms in total. The molecule has 0 spiro atoms. The van der Waals surface area contributed by atoms with Crippen molar-refractivity contribution in [2.24, 2.45) is 0 Å². The van der Waals surface area contributed by atoms with Gasteiger partial charge in [-0.3, -0.25) is 14.5 Å². The lowest BCUT2D eigenvalue weighted by Gasteiger charge is -2.31. The van der Waals surface area contributed by atoms with E-state index in [0.717, 1.165) is 31.6 Å². The number of benzene rings is 1. The fourth-order valence-electron chi connectivity index (χ4n) is 2.94. The summed E-state index contributed by atoms with van der Waals surface area (Å²) in [6, 6.07) is 12.8. The Kier molecular flexibility index (Phi) is 6.20. The van der Waals surface area contributed by atoms with Gasteiger partial charge in [0.05, 0.1) is 12.1 Å². The number of likely N-dealkylation sites (tertiary alicyclic amines) is 1. The Hall–Kier alpha value is -2.44. The Labute approximate surface area is 157 Å². The molecule has 0 unspecified atom stereocenters. The van der Waals surface area contributed by atoms with Crippen LogP contribution in [0, 0.1) is 0 Å². The minimum Gasteiger partial charge on any atom is -0.349 e. The minimum atomic E-state index is -0.144. The summed E-state index contributed by atoms with van der Waals surface area (Å²) in [4.78, 5) is 30.4. The quantitative estimate of drug-likeness (QED) is 0.791. The molecule has 2 N–H and O–H groups in total. The average Bonchev–Trinajstić information content (AvgIpc) is 2.64. The summed E-state index contributed by atoms with van der Waals surface area (Å²) in [6.45, 7) is 1.90. The summed E-state index contributed by atoms with van der Waals surface area (Å²) in [5.74, 6) is -0.166. The molecule has 26 heavy (non-hydrogen) atoms. The number of rotatable bonds is 5. The van der Waals surface area contributed by atoms with Gasteiger partial charge in [-0.2, -0.15) is 0 Å². The van der Waals surface area contributed by atoms with Crippen molar-refractivity contribution in [2.75, 3.05) is 25.0 Å². The van der Waals surface area contributed by atoms with Crippen molar-refractivity contribution in [2.45, 2.75) is 18.9 Å². The maximum absolute atomic E-state index is 12.2. The number of hydrogen-bond acceptors (Lipinski definition) is 4. The van der Waals surface area contributed by atoms with Crippen molar-refractivity contribution in [3.8, 4) is 0 Å². The molecule has 2 amide bonds. The summed E-state index contributed by atoms with van der Waals surface area (Å²) < 4.78 is 0. The second kappa shape index (κ2) is 8.78. The second-order valence-corrected chi connectivity index (χ2v) is 6.69. The van der Waals surface area contributed by atoms with Gasteiger partial charge in [0, 0.05) is 31.0 Å². The van der Waals surface area contributed by atoms with E-state index in [1.165, 1.54) is 6.20 Å². The van der Waals surface area contributed by atoms with Crippen LogP contribution in [0.2, 0.25) is 5.15 Å². The van der Waals surface area contributed by atoms with Crippen LogP contribution < -0.4 is 10.6 Å². The molecule has 2 aromatic rings. The molecule has 0 aliphatic carbocycles. The Morgan fingerprint density at radius 1 is 1.12 bits per heavy atom. The Balaban J connectivity index is 1.42. The highest BCUT2D eigenvalue weighted by molar-refractivity contribution is 6.29. The van der Waals surface area contributed by atoms with E-state index in [4.69, 9.17) is 11.6 Å². The molecule has 2 heterocycles. The largest absolute Gasteiger partial charge is 0.349 e. The lowest BCUT2D eigenvalue weighted by molar-refractivity contribution is -0.117. The first-order valence-corrected chi connectivity index (χ1v) is 8.97. The van der Waals surface area contributed by atoms with Crippen LogP contribution in [0.3, 0.4) is 0 Å². The molecule has 1 aliphatic heterocycles. The highest BCUT2D eigenvalue weighted by atomic mass is 35.5. The zero-order chi connectivity index (χ0) is 18.4. The van der Waals surface area contributed by atoms with E-state index < -0.39 is 0 Å². The van der Waals surface area contributed by atoms with Crippen LogP contribution in [0.5, 0.6) is 0 Å². The summed E-state index contributed by atoms with van der Waals surface area (Å²) in [7, 11) is 0. The zero-order valence-electron chi connectivity index (χ0n) is 14.3. The SMILES string of the molecule is O=C(CN1CCC(NC(=O)c2ccc(Cl)nc2)CC1)Nc1ccccc1. The number of aromatic nitrogens is 1. The Bertz CT molecular complexity index is 744. The normalized spacial score (nSPS) is 15.4. The van der Waals surface area contributed by atoms with Crippen LogP contribution in [-0.4, -0.2) is 47.4 Å². The number of carbonyl (C=O) groups excluding carboxylic acids is 2. The number of halogens is 1. The van der Waals surface area contributed by atoms with Crippen LogP contribution in [0.25, 0.3) is 0 Å². The van der Waals surface area contributed by atoms with Gasteiger partial charge in [-0.1, -0.05) is 29.8 Å². The smallest absolute Gasteiger partial charge is 0.253 e. The molecule has 3 rings (SSSR count). The molecule has 1 fully saturated rings. The van der Waals surface area contributed by atoms with Gasteiger partial charge in [-0.25, -0.2) is 4.98 Å². The van der Waals surface area contributed by atoms with Gasteiger partial charge in [0.15, 0.2) is 0 Å². The molecule has 1 saturated heterocycles. The van der Waals surface area contributed by atoms with E-state index in [9.17, 15) is 9.59 Å². The number of para-hydroxylation sites is 1. The van der Waals surface area contributed by atoms with Gasteiger partial charge in [0.25, 0.3) is 5.91 Å². The first kappa shape index (κ1) is 18.4. The molecule has 0 saturated carbocycles. The number of anilines is 1. The molecule has 0 bridgehead atoms. The van der Waals surface area contributed by atoms with Crippen molar-refractivity contribution >= 4 is 29.1 Å². The number of hydrogen-bond donors (Lipinski definition) is 2. The molecule has 1 aromatic heterocycles. The third-order valence-corrected chi connectivity index (χ3v) is 4.56. The summed E-state index contributed by atoms with van der Waals surface area (Å²) in [5.41, 5.74) is 1.30. The topological polar surface area (TPSA) is 74.3 Å². The van der Waals surface area contributed by atoms with Gasteiger partial charge in [0.2, 0.25) is 5.91 Å². The standard InChI is InChI=1S/C19H21ClN4O2/c20-17-7-6-14(12-21-17)19(26)23-16-8-10-24(11-9-16)13-18(25)22-15-4-2-1-3-5-15/h1-7,12,16H,8-11,13H2,(H,22,25)(H,23,26). The van der Waals surface area contributed by atoms with Crippen LogP contribution in [0.15, 0.2) is 48.7 Å². The van der Waals surface area contributed by atoms with Crippen molar-refractivity contribution in [3.63, 3.8) is 0 Å². The fourth-order valence-corrected chi connectivity index (χ4v) is 3.05. The van der Waals surface area contributed by atoms with E-state index >= 15 is 0 Å². The van der Waals surface area contributed by atoms with E-state index in [0.29, 0.717) is 17.3 Å². The summed E-state index contributed by atoms with van der Waals surface area (Å²) in [5, 5.41) is 6.27. The third-order valence-electron chi connectivity index (χ3n) is 4.34. The molecular formula is C19H21ClN4O2. The second-order valence-electron chi connectivity index (χ2n) is 6.31. The predicted molar refractivity (Wildman–Crippen MR) is 101 cm³/mol. The average molecular weight is 373 g/mol. The van der Waals surface area contributed by atoms with Gasteiger partial charge in [-0.15, -0.1) is 0 Å². The van der Waals surface area contributed by atoms with E-state index in [2.05, 4.69) is 20.5 Å². The van der Waals surface area contributed by atoms with Crippen LogP contribution in [0.1, 0.15) is 23.2 Å². The maximum atomic E-state index is 12.2. The first-order chi connectivity index (χ1) is 12.6. The highest BCUT2D eigenvalue weighted by Gasteiger charge is 2.22. The number of nitrogens with zero attached hydrogens (tertiary/aromatic N) is 2. The Morgan fingerprint density at radius 2 is 1.85 bits per heavy atom. The molecule has 7 heteroatoms. The molecule has 1 aliphatic rings. The number of pyridine rings is 1. The fraction of sp³-hybridized carbons (Fsp3) is 0.316. The van der Waals surface area contributed by atoms with E-state index in [1.807, 2.05) is 30.3 Å². The van der Waals surface area contributed by atoms with Gasteiger partial charge in [0.1, 0.15) is 5.15 Å². The zero-order valence-corrected chi connectivity index (χ0v) is 15.1. The van der Waals surface area contributed by atoms with Crippen LogP contribution in [0.4, 0.5) is 5.69 Å². The number of amides is 2. The lowest BCUT2D eigenvalue weighted by atomic mass is 10.0. The minimum absolute atomic E-state index is 0.0223. The van der Waals surface area contributed by atoms with Crippen molar-refractivity contribution < 1.29 is 9.59 Å². The van der Waals surface area contributed by atoms with Gasteiger partial charge in [-0.05, 0) is 37.1 Å². The number of nitrogens with one attached hydrogen (secondary N) is 2. The Morgan fingerprint density at radius 3 is 2.50 bits per heavy atom. The molecule has 136 valence electrons. The van der Waals surface area contributed by atoms with Crippen molar-refractivity contribution in [1.82, 2.24) is 15.2 Å². The predicted octanol–water partition coefficient (Wildman–Crippen LogP) is 2.57. The number of piperidine rings is 1. The van der Waals surface area contributed by atoms with Gasteiger partial charge >= 0.3 is 0 Å². The lowest BCUT2D eigenvalue weighted by Crippen LogP contribution is -2.46. The van der Waals surface area contributed by atoms with Crippen LogP contribution in [-0.2, 0) is 4.79 Å². The molecule has 0 radical (unpaired) electrons.